The van der Waals surface area contributed by atoms with Gasteiger partial charge in [0.1, 0.15) is 5.75 Å². The van der Waals surface area contributed by atoms with Gasteiger partial charge >= 0.3 is 0 Å². The summed E-state index contributed by atoms with van der Waals surface area (Å²) in [4.78, 5) is 0. The molecule has 0 radical (unpaired) electrons. The topological polar surface area (TPSA) is 30.5 Å². The lowest BCUT2D eigenvalue weighted by Gasteiger charge is -2.23. The fraction of sp³-hybridized carbons (Fsp3) is 0.538. The molecule has 1 aromatic rings. The smallest absolute Gasteiger partial charge is 0.118 e. The van der Waals surface area contributed by atoms with Crippen molar-refractivity contribution in [3.63, 3.8) is 0 Å². The molecule has 0 aromatic heterocycles. The SMILES string of the molecule is [2H]C1([2H])CC(NCc2ccc(OC)cc2)CC([2H])([2H])O1. The maximum Gasteiger partial charge on any atom is 0.118 e. The quantitative estimate of drug-likeness (QED) is 0.849. The van der Waals surface area contributed by atoms with Gasteiger partial charge in [-0.15, -0.1) is 0 Å². The summed E-state index contributed by atoms with van der Waals surface area (Å²) in [5, 5.41) is 3.19. The highest BCUT2D eigenvalue weighted by Gasteiger charge is 2.12. The van der Waals surface area contributed by atoms with Gasteiger partial charge in [0.15, 0.2) is 0 Å². The zero-order valence-electron chi connectivity index (χ0n) is 13.3. The van der Waals surface area contributed by atoms with E-state index in [0.29, 0.717) is 6.54 Å². The number of methoxy groups -OCH3 is 1. The van der Waals surface area contributed by atoms with Gasteiger partial charge in [0, 0.05) is 25.7 Å². The molecule has 0 aliphatic carbocycles. The number of benzene rings is 1. The van der Waals surface area contributed by atoms with E-state index in [1.54, 1.807) is 7.11 Å². The third-order valence-corrected chi connectivity index (χ3v) is 2.56. The summed E-state index contributed by atoms with van der Waals surface area (Å²) in [6.07, 6.45) is 0.283. The highest BCUT2D eigenvalue weighted by Crippen LogP contribution is 2.12. The Morgan fingerprint density at radius 3 is 2.69 bits per heavy atom. The number of nitrogens with one attached hydrogen (secondary N) is 1. The van der Waals surface area contributed by atoms with Crippen molar-refractivity contribution in [3.05, 3.63) is 29.8 Å². The number of hydrogen-bond acceptors (Lipinski definition) is 3. The molecule has 0 atom stereocenters. The Morgan fingerprint density at radius 1 is 1.38 bits per heavy atom. The standard InChI is InChI=1S/C13H19NO2/c1-15-13-4-2-11(3-5-13)10-14-12-6-8-16-9-7-12/h2-5,12,14H,6-10H2,1H3/i8D2,9D2. The molecule has 1 aliphatic heterocycles. The van der Waals surface area contributed by atoms with Crippen LogP contribution in [0.3, 0.4) is 0 Å². The van der Waals surface area contributed by atoms with Crippen LogP contribution in [0.15, 0.2) is 24.3 Å². The molecular weight excluding hydrogens is 202 g/mol. The Bertz CT molecular complexity index is 434. The van der Waals surface area contributed by atoms with Crippen molar-refractivity contribution in [1.29, 1.82) is 0 Å². The Labute approximate surface area is 102 Å². The summed E-state index contributed by atoms with van der Waals surface area (Å²) in [6, 6.07) is 7.32. The molecule has 1 N–H and O–H groups in total. The van der Waals surface area contributed by atoms with Crippen LogP contribution in [0.1, 0.15) is 23.9 Å². The van der Waals surface area contributed by atoms with Crippen molar-refractivity contribution in [2.75, 3.05) is 20.2 Å². The fourth-order valence-corrected chi connectivity index (χ4v) is 1.56. The summed E-state index contributed by atoms with van der Waals surface area (Å²) >= 11 is 0. The van der Waals surface area contributed by atoms with E-state index in [2.05, 4.69) is 5.32 Å². The van der Waals surface area contributed by atoms with E-state index in [9.17, 15) is 0 Å². The van der Waals surface area contributed by atoms with Crippen LogP contribution in [-0.2, 0) is 11.3 Å². The summed E-state index contributed by atoms with van der Waals surface area (Å²) in [5.74, 6) is 0.785. The lowest BCUT2D eigenvalue weighted by molar-refractivity contribution is 0.0776. The average molecular weight is 225 g/mol. The first kappa shape index (κ1) is 7.30. The minimum absolute atomic E-state index is 0.142. The number of hydrogen-bond donors (Lipinski definition) is 1. The normalized spacial score (nSPS) is 27.3. The van der Waals surface area contributed by atoms with Crippen LogP contribution in [-0.4, -0.2) is 26.3 Å². The van der Waals surface area contributed by atoms with Crippen LogP contribution < -0.4 is 10.1 Å². The van der Waals surface area contributed by atoms with Gasteiger partial charge in [-0.05, 0) is 30.5 Å². The highest BCUT2D eigenvalue weighted by atomic mass is 16.5. The maximum absolute atomic E-state index is 7.60. The van der Waals surface area contributed by atoms with Crippen LogP contribution in [0.2, 0.25) is 0 Å². The van der Waals surface area contributed by atoms with Crippen LogP contribution in [0, 0.1) is 0 Å². The van der Waals surface area contributed by atoms with E-state index < -0.39 is 13.1 Å². The molecule has 1 fully saturated rings. The molecule has 0 amide bonds. The molecule has 1 saturated heterocycles. The second-order valence-electron chi connectivity index (χ2n) is 3.72. The predicted molar refractivity (Wildman–Crippen MR) is 63.7 cm³/mol. The van der Waals surface area contributed by atoms with Gasteiger partial charge in [-0.1, -0.05) is 12.1 Å². The maximum atomic E-state index is 7.60. The third-order valence-electron chi connectivity index (χ3n) is 2.56. The average Bonchev–Trinajstić information content (AvgIpc) is 2.33. The molecule has 0 unspecified atom stereocenters. The number of ether oxygens (including phenoxy) is 2. The predicted octanol–water partition coefficient (Wildman–Crippen LogP) is 1.96. The van der Waals surface area contributed by atoms with Crippen molar-refractivity contribution >= 4 is 0 Å². The molecule has 3 heteroatoms. The molecule has 1 heterocycles. The van der Waals surface area contributed by atoms with Crippen molar-refractivity contribution in [3.8, 4) is 5.75 Å². The molecule has 0 saturated carbocycles. The van der Waals surface area contributed by atoms with Gasteiger partial charge in [0.2, 0.25) is 0 Å². The molecule has 0 bridgehead atoms. The second-order valence-corrected chi connectivity index (χ2v) is 3.72. The Balaban J connectivity index is 1.92. The lowest BCUT2D eigenvalue weighted by Crippen LogP contribution is -2.34. The largest absolute Gasteiger partial charge is 0.497 e. The van der Waals surface area contributed by atoms with Gasteiger partial charge in [-0.25, -0.2) is 0 Å². The molecule has 1 aliphatic rings. The summed E-state index contributed by atoms with van der Waals surface area (Å²) in [5.41, 5.74) is 1.04. The van der Waals surface area contributed by atoms with E-state index in [0.717, 1.165) is 11.3 Å². The van der Waals surface area contributed by atoms with Gasteiger partial charge in [0.25, 0.3) is 0 Å². The van der Waals surface area contributed by atoms with E-state index >= 15 is 0 Å². The Kier molecular flexibility index (Phi) is 2.68. The van der Waals surface area contributed by atoms with Gasteiger partial charge < -0.3 is 14.8 Å². The van der Waals surface area contributed by atoms with Crippen LogP contribution in [0.4, 0.5) is 0 Å². The third kappa shape index (κ3) is 3.22. The lowest BCUT2D eigenvalue weighted by atomic mass is 10.1. The molecular formula is C13H19NO2. The first-order valence-electron chi connectivity index (χ1n) is 7.36. The zero-order chi connectivity index (χ0) is 14.8. The molecule has 16 heavy (non-hydrogen) atoms. The Morgan fingerprint density at radius 2 is 2.06 bits per heavy atom. The minimum atomic E-state index is -1.93. The minimum Gasteiger partial charge on any atom is -0.497 e. The van der Waals surface area contributed by atoms with Crippen LogP contribution in [0.25, 0.3) is 0 Å². The van der Waals surface area contributed by atoms with E-state index in [-0.39, 0.29) is 18.9 Å². The van der Waals surface area contributed by atoms with E-state index in [4.69, 9.17) is 15.0 Å². The van der Waals surface area contributed by atoms with Gasteiger partial charge in [-0.3, -0.25) is 0 Å². The highest BCUT2D eigenvalue weighted by molar-refractivity contribution is 5.27. The molecule has 3 nitrogen and oxygen atoms in total. The van der Waals surface area contributed by atoms with E-state index in [1.807, 2.05) is 24.3 Å². The summed E-state index contributed by atoms with van der Waals surface area (Å²) < 4.78 is 40.3. The van der Waals surface area contributed by atoms with Gasteiger partial charge in [-0.2, -0.15) is 0 Å². The van der Waals surface area contributed by atoms with Crippen molar-refractivity contribution in [2.45, 2.75) is 25.4 Å². The molecule has 0 spiro atoms. The summed E-state index contributed by atoms with van der Waals surface area (Å²) in [6.45, 7) is -3.31. The first-order chi connectivity index (χ1) is 9.30. The fourth-order valence-electron chi connectivity index (χ4n) is 1.56. The van der Waals surface area contributed by atoms with E-state index in [1.165, 1.54) is 0 Å². The zero-order valence-corrected chi connectivity index (χ0v) is 9.32. The van der Waals surface area contributed by atoms with Crippen molar-refractivity contribution in [1.82, 2.24) is 5.32 Å². The molecule has 1 aromatic carbocycles. The molecule has 88 valence electrons. The first-order valence-corrected chi connectivity index (χ1v) is 5.36. The molecule has 2 rings (SSSR count). The monoisotopic (exact) mass is 225 g/mol. The van der Waals surface area contributed by atoms with Crippen molar-refractivity contribution < 1.29 is 15.0 Å². The second kappa shape index (κ2) is 5.87. The number of rotatable bonds is 4. The van der Waals surface area contributed by atoms with Crippen molar-refractivity contribution in [2.24, 2.45) is 0 Å². The Hall–Kier alpha value is -1.06. The van der Waals surface area contributed by atoms with Crippen LogP contribution >= 0.6 is 0 Å². The summed E-state index contributed by atoms with van der Waals surface area (Å²) in [7, 11) is 1.61. The van der Waals surface area contributed by atoms with Gasteiger partial charge in [0.05, 0.1) is 12.6 Å². The van der Waals surface area contributed by atoms with Crippen LogP contribution in [0.5, 0.6) is 5.75 Å².